The van der Waals surface area contributed by atoms with Crippen molar-refractivity contribution in [3.8, 4) is 10.6 Å². The highest BCUT2D eigenvalue weighted by molar-refractivity contribution is 8.20. The van der Waals surface area contributed by atoms with Crippen LogP contribution in [0.25, 0.3) is 10.6 Å². The van der Waals surface area contributed by atoms with E-state index in [-0.39, 0.29) is 22.3 Å². The van der Waals surface area contributed by atoms with E-state index in [0.717, 1.165) is 51.1 Å². The number of hydrogen-bond acceptors (Lipinski definition) is 8. The van der Waals surface area contributed by atoms with Crippen LogP contribution in [0.15, 0.2) is 28.5 Å². The molecule has 2 aromatic heterocycles. The number of fused-ring (bicyclic) bond motifs is 2. The Morgan fingerprint density at radius 2 is 1.89 bits per heavy atom. The number of thioether (sulfide) groups is 3. The van der Waals surface area contributed by atoms with Crippen LogP contribution >= 0.6 is 69.6 Å². The Morgan fingerprint density at radius 1 is 1.14 bits per heavy atom. The molecule has 3 heterocycles. The molecule has 1 aliphatic carbocycles. The Hall–Kier alpha value is -1.17. The van der Waals surface area contributed by atoms with Crippen LogP contribution in [0.5, 0.6) is 0 Å². The van der Waals surface area contributed by atoms with Gasteiger partial charge in [0.25, 0.3) is 5.91 Å². The summed E-state index contributed by atoms with van der Waals surface area (Å²) < 4.78 is 1.32. The molecule has 2 aliphatic rings. The molecule has 2 N–H and O–H groups in total. The normalized spacial score (nSPS) is 16.3. The van der Waals surface area contributed by atoms with Gasteiger partial charge in [-0.15, -0.1) is 58.0 Å². The number of hydrogen-bond donors (Lipinski definition) is 2. The summed E-state index contributed by atoms with van der Waals surface area (Å²) in [6, 6.07) is 7.49. The Bertz CT molecular complexity index is 1260. The van der Waals surface area contributed by atoms with E-state index in [1.54, 1.807) is 34.4 Å². The van der Waals surface area contributed by atoms with Gasteiger partial charge in [-0.25, -0.2) is 4.98 Å². The van der Waals surface area contributed by atoms with Crippen LogP contribution in [0.1, 0.15) is 44.2 Å². The predicted octanol–water partition coefficient (Wildman–Crippen LogP) is 6.53. The molecule has 5 nitrogen and oxygen atoms in total. The molecule has 1 aliphatic heterocycles. The molecule has 1 aromatic carbocycles. The fourth-order valence-corrected chi connectivity index (χ4v) is 11.4. The summed E-state index contributed by atoms with van der Waals surface area (Å²) in [5.74, 6) is 1.78. The third-order valence-corrected chi connectivity index (χ3v) is 13.3. The maximum absolute atomic E-state index is 13.1. The topological polar surface area (TPSA) is 71.1 Å². The number of amides is 2. The first kappa shape index (κ1) is 25.5. The number of aryl methyl sites for hydroxylation is 1. The Kier molecular flexibility index (Phi) is 7.77. The molecule has 0 atom stereocenters. The van der Waals surface area contributed by atoms with Crippen molar-refractivity contribution in [2.24, 2.45) is 0 Å². The third-order valence-electron chi connectivity index (χ3n) is 6.06. The van der Waals surface area contributed by atoms with E-state index >= 15 is 0 Å². The maximum Gasteiger partial charge on any atom is 0.280 e. The predicted molar refractivity (Wildman–Crippen MR) is 152 cm³/mol. The molecule has 0 unspecified atom stereocenters. The van der Waals surface area contributed by atoms with Crippen molar-refractivity contribution in [1.29, 1.82) is 0 Å². The van der Waals surface area contributed by atoms with Crippen LogP contribution in [-0.2, 0) is 21.7 Å². The van der Waals surface area contributed by atoms with Crippen LogP contribution in [0.2, 0.25) is 5.02 Å². The number of nitrogens with one attached hydrogen (secondary N) is 2. The van der Waals surface area contributed by atoms with E-state index in [9.17, 15) is 9.59 Å². The second-order valence-electron chi connectivity index (χ2n) is 8.29. The van der Waals surface area contributed by atoms with E-state index in [4.69, 9.17) is 11.6 Å². The van der Waals surface area contributed by atoms with Crippen molar-refractivity contribution >= 4 is 81.4 Å². The minimum atomic E-state index is -0.289. The number of thiophene rings is 1. The largest absolute Gasteiger partial charge is 0.280 e. The summed E-state index contributed by atoms with van der Waals surface area (Å²) in [6.45, 7) is 1.95. The summed E-state index contributed by atoms with van der Waals surface area (Å²) in [7, 11) is 0. The maximum atomic E-state index is 13.1. The van der Waals surface area contributed by atoms with Gasteiger partial charge >= 0.3 is 0 Å². The van der Waals surface area contributed by atoms with Gasteiger partial charge < -0.3 is 0 Å². The number of carbonyl (C=O) groups excluding carboxylic acids is 2. The highest BCUT2D eigenvalue weighted by Crippen LogP contribution is 2.61. The molecule has 0 bridgehead atoms. The summed E-state index contributed by atoms with van der Waals surface area (Å²) >= 11 is 14.9. The van der Waals surface area contributed by atoms with Gasteiger partial charge in [-0.2, -0.15) is 0 Å². The van der Waals surface area contributed by atoms with Crippen LogP contribution in [0.3, 0.4) is 0 Å². The van der Waals surface area contributed by atoms with E-state index in [0.29, 0.717) is 10.7 Å². The van der Waals surface area contributed by atoms with Crippen molar-refractivity contribution in [2.75, 3.05) is 17.8 Å². The van der Waals surface area contributed by atoms with Crippen molar-refractivity contribution in [2.45, 2.75) is 40.9 Å². The first-order valence-corrected chi connectivity index (χ1v) is 16.4. The van der Waals surface area contributed by atoms with Gasteiger partial charge in [0.1, 0.15) is 5.01 Å². The Labute approximate surface area is 230 Å². The molecule has 1 fully saturated rings. The van der Waals surface area contributed by atoms with Crippen LogP contribution in [-0.4, -0.2) is 34.6 Å². The van der Waals surface area contributed by atoms with Crippen molar-refractivity contribution in [1.82, 2.24) is 15.8 Å². The highest BCUT2D eigenvalue weighted by Gasteiger charge is 2.45. The van der Waals surface area contributed by atoms with E-state index in [1.807, 2.05) is 54.7 Å². The van der Waals surface area contributed by atoms with E-state index in [2.05, 4.69) is 22.1 Å². The van der Waals surface area contributed by atoms with Gasteiger partial charge in [0.15, 0.2) is 0 Å². The standard InChI is InChI=1S/C24H24ClN3O2S5/c1-13-17(26-22(34-13)14-5-7-15(25)8-6-14)12-18(29)27-28-21(30)20-16-4-3-9-24(32-10-11-33-24)19(16)23(31-2)35-20/h5-8H,3-4,9-12H2,1-2H3,(H,27,29)(H,28,30). The molecule has 2 amide bonds. The number of benzene rings is 1. The number of halogens is 1. The monoisotopic (exact) mass is 581 g/mol. The Morgan fingerprint density at radius 3 is 2.60 bits per heavy atom. The lowest BCUT2D eigenvalue weighted by Crippen LogP contribution is -2.42. The van der Waals surface area contributed by atoms with Gasteiger partial charge in [-0.1, -0.05) is 23.7 Å². The summed E-state index contributed by atoms with van der Waals surface area (Å²) in [6.07, 6.45) is 5.34. The lowest BCUT2D eigenvalue weighted by atomic mass is 9.92. The Balaban J connectivity index is 1.26. The molecule has 1 saturated heterocycles. The summed E-state index contributed by atoms with van der Waals surface area (Å²) in [5, 5.41) is 1.52. The molecule has 0 radical (unpaired) electrons. The van der Waals surface area contributed by atoms with Crippen LogP contribution in [0.4, 0.5) is 0 Å². The van der Waals surface area contributed by atoms with Gasteiger partial charge in [0.05, 0.1) is 25.3 Å². The molecular weight excluding hydrogens is 558 g/mol. The minimum absolute atomic E-state index is 0.0914. The molecule has 5 rings (SSSR count). The summed E-state index contributed by atoms with van der Waals surface area (Å²) in [4.78, 5) is 32.1. The van der Waals surface area contributed by atoms with Crippen LogP contribution in [0, 0.1) is 6.92 Å². The number of nitrogens with zero attached hydrogens (tertiary/aromatic N) is 1. The number of hydrazine groups is 1. The van der Waals surface area contributed by atoms with E-state index < -0.39 is 0 Å². The van der Waals surface area contributed by atoms with Crippen molar-refractivity contribution in [3.63, 3.8) is 0 Å². The van der Waals surface area contributed by atoms with Crippen LogP contribution < -0.4 is 10.9 Å². The van der Waals surface area contributed by atoms with Crippen molar-refractivity contribution < 1.29 is 9.59 Å². The van der Waals surface area contributed by atoms with Crippen molar-refractivity contribution in [3.05, 3.63) is 55.9 Å². The quantitative estimate of drug-likeness (QED) is 0.264. The van der Waals surface area contributed by atoms with E-state index in [1.165, 1.54) is 15.3 Å². The fourth-order valence-electron chi connectivity index (χ4n) is 4.45. The zero-order valence-electron chi connectivity index (χ0n) is 19.2. The fraction of sp³-hybridized carbons (Fsp3) is 0.375. The number of carbonyl (C=O) groups is 2. The minimum Gasteiger partial charge on any atom is -0.273 e. The molecule has 0 saturated carbocycles. The number of aromatic nitrogens is 1. The molecule has 11 heteroatoms. The summed E-state index contributed by atoms with van der Waals surface area (Å²) in [5.41, 5.74) is 9.47. The number of thiazole rings is 1. The highest BCUT2D eigenvalue weighted by atomic mass is 35.5. The molecule has 184 valence electrons. The average Bonchev–Trinajstić information content (AvgIpc) is 3.56. The lowest BCUT2D eigenvalue weighted by molar-refractivity contribution is -0.121. The molecule has 3 aromatic rings. The van der Waals surface area contributed by atoms with Gasteiger partial charge in [0, 0.05) is 32.5 Å². The molecule has 35 heavy (non-hydrogen) atoms. The molecule has 1 spiro atoms. The van der Waals surface area contributed by atoms with Gasteiger partial charge in [0.2, 0.25) is 5.91 Å². The second kappa shape index (κ2) is 10.7. The van der Waals surface area contributed by atoms with Gasteiger partial charge in [-0.3, -0.25) is 20.4 Å². The average molecular weight is 582 g/mol. The first-order chi connectivity index (χ1) is 16.9. The van der Waals surface area contributed by atoms with Gasteiger partial charge in [-0.05, 0) is 50.1 Å². The second-order valence-corrected chi connectivity index (χ2v) is 15.1. The smallest absolute Gasteiger partial charge is 0.273 e. The number of rotatable bonds is 5. The first-order valence-electron chi connectivity index (χ1n) is 11.2. The third kappa shape index (κ3) is 5.15. The molecular formula is C24H24ClN3O2S5. The zero-order valence-corrected chi connectivity index (χ0v) is 24.1. The zero-order chi connectivity index (χ0) is 24.6. The lowest BCUT2D eigenvalue weighted by Gasteiger charge is -2.33. The SMILES string of the molecule is CSc1sc(C(=O)NNC(=O)Cc2nc(-c3ccc(Cl)cc3)sc2C)c2c1C1(CCC2)SCCS1.